The van der Waals surface area contributed by atoms with E-state index in [-0.39, 0.29) is 5.78 Å². The number of fused-ring (bicyclic) bond motifs is 1. The molecule has 0 unspecified atom stereocenters. The maximum Gasteiger partial charge on any atom is 0.186 e. The van der Waals surface area contributed by atoms with Gasteiger partial charge in [0.15, 0.2) is 5.78 Å². The molecule has 0 radical (unpaired) electrons. The van der Waals surface area contributed by atoms with Gasteiger partial charge in [-0.05, 0) is 45.9 Å². The van der Waals surface area contributed by atoms with Gasteiger partial charge < -0.3 is 0 Å². The first-order valence-electron chi connectivity index (χ1n) is 8.16. The van der Waals surface area contributed by atoms with E-state index in [1.807, 2.05) is 60.7 Å². The highest BCUT2D eigenvalue weighted by Gasteiger charge is 2.16. The van der Waals surface area contributed by atoms with Gasteiger partial charge in [-0.3, -0.25) is 4.79 Å². The number of carbonyl (C=O) groups is 1. The number of hydrogen-bond acceptors (Lipinski definition) is 2. The largest absolute Gasteiger partial charge is 0.289 e. The highest BCUT2D eigenvalue weighted by Crippen LogP contribution is 2.30. The fourth-order valence-corrected chi connectivity index (χ4v) is 3.76. The van der Waals surface area contributed by atoms with Gasteiger partial charge in [-0.1, -0.05) is 72.8 Å². The van der Waals surface area contributed by atoms with Crippen LogP contribution in [0.5, 0.6) is 0 Å². The zero-order valence-corrected chi connectivity index (χ0v) is 14.4. The molecule has 1 aliphatic rings. The van der Waals surface area contributed by atoms with Crippen LogP contribution < -0.4 is 0 Å². The predicted molar refractivity (Wildman–Crippen MR) is 106 cm³/mol. The van der Waals surface area contributed by atoms with Crippen LogP contribution in [0.1, 0.15) is 21.6 Å². The van der Waals surface area contributed by atoms with E-state index >= 15 is 0 Å². The van der Waals surface area contributed by atoms with E-state index < -0.39 is 0 Å². The van der Waals surface area contributed by atoms with E-state index in [0.29, 0.717) is 0 Å². The topological polar surface area (TPSA) is 17.1 Å². The molecule has 2 aromatic carbocycles. The van der Waals surface area contributed by atoms with Crippen molar-refractivity contribution in [3.05, 3.63) is 112 Å². The van der Waals surface area contributed by atoms with Crippen LogP contribution >= 0.6 is 11.3 Å². The van der Waals surface area contributed by atoms with Crippen molar-refractivity contribution < 1.29 is 4.79 Å². The van der Waals surface area contributed by atoms with Crippen LogP contribution in [0.15, 0.2) is 90.3 Å². The zero-order valence-electron chi connectivity index (χ0n) is 13.6. The van der Waals surface area contributed by atoms with Crippen molar-refractivity contribution in [1.29, 1.82) is 0 Å². The number of hydrogen-bond donors (Lipinski definition) is 0. The normalized spacial score (nSPS) is 15.4. The molecule has 1 aliphatic carbocycles. The molecule has 1 aromatic heterocycles. The molecule has 0 fully saturated rings. The number of allylic oxidation sites excluding steroid dienone is 4. The summed E-state index contributed by atoms with van der Waals surface area (Å²) in [6.07, 6.45) is 7.54. The Bertz CT molecular complexity index is 990. The Kier molecular flexibility index (Phi) is 4.28. The third-order valence-corrected chi connectivity index (χ3v) is 5.12. The highest BCUT2D eigenvalue weighted by atomic mass is 32.1. The summed E-state index contributed by atoms with van der Waals surface area (Å²) < 4.78 is 0. The average molecular weight is 340 g/mol. The number of rotatable bonds is 3. The van der Waals surface area contributed by atoms with E-state index in [1.165, 1.54) is 4.88 Å². The molecule has 0 amide bonds. The van der Waals surface area contributed by atoms with Crippen LogP contribution in [0.4, 0.5) is 0 Å². The summed E-state index contributed by atoms with van der Waals surface area (Å²) in [6, 6.07) is 22.4. The first-order chi connectivity index (χ1) is 12.3. The SMILES string of the molecule is O=C1C=Cc2ccccc2/C1=C\C=C(\c1ccccc1)c1cccs1. The van der Waals surface area contributed by atoms with Crippen LogP contribution in [0.25, 0.3) is 17.2 Å². The Morgan fingerprint density at radius 3 is 2.44 bits per heavy atom. The van der Waals surface area contributed by atoms with Gasteiger partial charge >= 0.3 is 0 Å². The number of thiophene rings is 1. The molecule has 120 valence electrons. The van der Waals surface area contributed by atoms with Crippen LogP contribution in [0.2, 0.25) is 0 Å². The molecule has 0 saturated carbocycles. The third-order valence-electron chi connectivity index (χ3n) is 4.22. The van der Waals surface area contributed by atoms with Gasteiger partial charge in [0.25, 0.3) is 0 Å². The summed E-state index contributed by atoms with van der Waals surface area (Å²) in [6.45, 7) is 0. The Morgan fingerprint density at radius 2 is 1.64 bits per heavy atom. The molecule has 25 heavy (non-hydrogen) atoms. The van der Waals surface area contributed by atoms with Crippen molar-refractivity contribution >= 4 is 34.3 Å². The smallest absolute Gasteiger partial charge is 0.186 e. The standard InChI is InChI=1S/C23H16OS/c24-22-15-12-18-9-4-5-10-19(18)21(22)14-13-20(23-11-6-16-25-23)17-7-2-1-3-8-17/h1-16H/b20-13-,21-14+. The molecule has 1 nitrogen and oxygen atoms in total. The van der Waals surface area contributed by atoms with E-state index in [4.69, 9.17) is 0 Å². The molecule has 0 N–H and O–H groups in total. The van der Waals surface area contributed by atoms with Crippen LogP contribution in [-0.4, -0.2) is 5.78 Å². The van der Waals surface area contributed by atoms with Crippen molar-refractivity contribution in [2.45, 2.75) is 0 Å². The molecule has 4 rings (SSSR count). The van der Waals surface area contributed by atoms with Gasteiger partial charge in [0, 0.05) is 10.5 Å². The number of carbonyl (C=O) groups excluding carboxylic acids is 1. The van der Waals surface area contributed by atoms with E-state index in [2.05, 4.69) is 29.7 Å². The molecule has 3 aromatic rings. The lowest BCUT2D eigenvalue weighted by molar-refractivity contribution is -0.109. The molecule has 0 saturated heterocycles. The summed E-state index contributed by atoms with van der Waals surface area (Å²) in [4.78, 5) is 13.6. The molecule has 0 bridgehead atoms. The van der Waals surface area contributed by atoms with Crippen molar-refractivity contribution in [3.8, 4) is 0 Å². The minimum Gasteiger partial charge on any atom is -0.289 e. The monoisotopic (exact) mass is 340 g/mol. The van der Waals surface area contributed by atoms with Crippen molar-refractivity contribution in [2.24, 2.45) is 0 Å². The van der Waals surface area contributed by atoms with Gasteiger partial charge in [-0.2, -0.15) is 0 Å². The number of ketones is 1. The molecule has 0 atom stereocenters. The Morgan fingerprint density at radius 1 is 0.840 bits per heavy atom. The molecule has 0 aliphatic heterocycles. The van der Waals surface area contributed by atoms with E-state index in [0.717, 1.165) is 27.8 Å². The lowest BCUT2D eigenvalue weighted by Crippen LogP contribution is -2.04. The van der Waals surface area contributed by atoms with Gasteiger partial charge in [-0.25, -0.2) is 0 Å². The summed E-state index contributed by atoms with van der Waals surface area (Å²) >= 11 is 1.70. The Balaban J connectivity index is 1.83. The second-order valence-corrected chi connectivity index (χ2v) is 6.74. The van der Waals surface area contributed by atoms with E-state index in [1.54, 1.807) is 17.4 Å². The maximum atomic E-state index is 12.4. The van der Waals surface area contributed by atoms with Crippen LogP contribution in [0, 0.1) is 0 Å². The molecular weight excluding hydrogens is 324 g/mol. The Labute approximate surface area is 151 Å². The highest BCUT2D eigenvalue weighted by molar-refractivity contribution is 7.11. The fourth-order valence-electron chi connectivity index (χ4n) is 2.98. The van der Waals surface area contributed by atoms with Gasteiger partial charge in [-0.15, -0.1) is 11.3 Å². The summed E-state index contributed by atoms with van der Waals surface area (Å²) in [7, 11) is 0. The van der Waals surface area contributed by atoms with Crippen molar-refractivity contribution in [3.63, 3.8) is 0 Å². The van der Waals surface area contributed by atoms with Gasteiger partial charge in [0.1, 0.15) is 0 Å². The third kappa shape index (κ3) is 3.17. The Hall–Kier alpha value is -2.97. The summed E-state index contributed by atoms with van der Waals surface area (Å²) in [5, 5.41) is 2.07. The molecule has 0 spiro atoms. The second-order valence-electron chi connectivity index (χ2n) is 5.79. The minimum absolute atomic E-state index is 0.0496. The first kappa shape index (κ1) is 15.6. The number of benzene rings is 2. The lowest BCUT2D eigenvalue weighted by Gasteiger charge is -2.12. The average Bonchev–Trinajstić information content (AvgIpc) is 3.19. The van der Waals surface area contributed by atoms with Crippen LogP contribution in [-0.2, 0) is 4.79 Å². The summed E-state index contributed by atoms with van der Waals surface area (Å²) in [5.74, 6) is 0.0496. The fraction of sp³-hybridized carbons (Fsp3) is 0. The predicted octanol–water partition coefficient (Wildman–Crippen LogP) is 5.86. The zero-order chi connectivity index (χ0) is 17.1. The summed E-state index contributed by atoms with van der Waals surface area (Å²) in [5.41, 5.74) is 5.09. The second kappa shape index (κ2) is 6.88. The first-order valence-corrected chi connectivity index (χ1v) is 9.04. The van der Waals surface area contributed by atoms with Crippen LogP contribution in [0.3, 0.4) is 0 Å². The minimum atomic E-state index is 0.0496. The quantitative estimate of drug-likeness (QED) is 0.546. The maximum absolute atomic E-state index is 12.4. The lowest BCUT2D eigenvalue weighted by atomic mass is 9.90. The van der Waals surface area contributed by atoms with Crippen molar-refractivity contribution in [2.75, 3.05) is 0 Å². The molecular formula is C23H16OS. The van der Waals surface area contributed by atoms with Gasteiger partial charge in [0.05, 0.1) is 0 Å². The molecule has 1 heterocycles. The molecule has 2 heteroatoms. The van der Waals surface area contributed by atoms with E-state index in [9.17, 15) is 4.79 Å². The van der Waals surface area contributed by atoms with Crippen molar-refractivity contribution in [1.82, 2.24) is 0 Å². The van der Waals surface area contributed by atoms with Gasteiger partial charge in [0.2, 0.25) is 0 Å².